The van der Waals surface area contributed by atoms with Crippen LogP contribution in [0.4, 0.5) is 0 Å². The van der Waals surface area contributed by atoms with Crippen LogP contribution < -0.4 is 18.9 Å². The third-order valence-corrected chi connectivity index (χ3v) is 1.89. The Balaban J connectivity index is 0.000000810. The van der Waals surface area contributed by atoms with E-state index >= 15 is 0 Å². The SMILES string of the molecule is CC(C)[C@H]1CO[13C](=[Se])[N-]1.[Li+]. The zero-order valence-electron chi connectivity index (χ0n) is 6.63. The van der Waals surface area contributed by atoms with Gasteiger partial charge in [0.1, 0.15) is 0 Å². The van der Waals surface area contributed by atoms with Crippen molar-refractivity contribution < 1.29 is 23.6 Å². The van der Waals surface area contributed by atoms with E-state index in [9.17, 15) is 0 Å². The van der Waals surface area contributed by atoms with Gasteiger partial charge in [-0.05, 0) is 0 Å². The quantitative estimate of drug-likeness (QED) is 0.343. The predicted octanol–water partition coefficient (Wildman–Crippen LogP) is -2.33. The first-order valence-electron chi connectivity index (χ1n) is 3.08. The average Bonchev–Trinajstić information content (AvgIpc) is 2.14. The molecule has 1 rings (SSSR count). The van der Waals surface area contributed by atoms with Gasteiger partial charge < -0.3 is 0 Å². The van der Waals surface area contributed by atoms with E-state index in [0.29, 0.717) is 16.7 Å². The van der Waals surface area contributed by atoms with Crippen LogP contribution in [0.25, 0.3) is 5.32 Å². The fraction of sp³-hybridized carbons (Fsp3) is 0.833. The van der Waals surface area contributed by atoms with Crippen LogP contribution in [-0.4, -0.2) is 33.0 Å². The van der Waals surface area contributed by atoms with Crippen molar-refractivity contribution in [2.45, 2.75) is 19.9 Å². The summed E-state index contributed by atoms with van der Waals surface area (Å²) in [6.45, 7) is 5.05. The molecule has 0 aromatic rings. The molecule has 4 heteroatoms. The molecule has 1 atom stereocenters. The number of hydrogen-bond acceptors (Lipinski definition) is 1. The van der Waals surface area contributed by atoms with E-state index in [-0.39, 0.29) is 18.9 Å². The zero-order chi connectivity index (χ0) is 6.85. The maximum atomic E-state index is 5.12. The molecule has 0 bridgehead atoms. The van der Waals surface area contributed by atoms with E-state index < -0.39 is 0 Å². The minimum atomic E-state index is 0. The Labute approximate surface area is 81.6 Å². The Morgan fingerprint density at radius 3 is 2.50 bits per heavy atom. The third kappa shape index (κ3) is 2.68. The van der Waals surface area contributed by atoms with Gasteiger partial charge in [-0.3, -0.25) is 0 Å². The second kappa shape index (κ2) is 4.46. The average molecular weight is 199 g/mol. The molecule has 1 aliphatic heterocycles. The molecule has 10 heavy (non-hydrogen) atoms. The molecular weight excluding hydrogens is 189 g/mol. The minimum Gasteiger partial charge on any atom is 1.00 e. The van der Waals surface area contributed by atoms with E-state index in [1.54, 1.807) is 0 Å². The normalized spacial score (nSPS) is 23.5. The smallest absolute Gasteiger partial charge is 1.00 e. The van der Waals surface area contributed by atoms with Crippen molar-refractivity contribution in [1.29, 1.82) is 0 Å². The van der Waals surface area contributed by atoms with E-state index in [1.807, 2.05) is 0 Å². The molecule has 0 aromatic carbocycles. The second-order valence-corrected chi connectivity index (χ2v) is 3.25. The first-order valence-corrected chi connectivity index (χ1v) is 3.93. The summed E-state index contributed by atoms with van der Waals surface area (Å²) in [6.07, 6.45) is 0. The largest absolute Gasteiger partial charge is 1.00 e. The molecule has 0 aromatic heterocycles. The van der Waals surface area contributed by atoms with Gasteiger partial charge >= 0.3 is 81.6 Å². The summed E-state index contributed by atoms with van der Waals surface area (Å²) in [7, 11) is 0. The molecule has 1 saturated heterocycles. The summed E-state index contributed by atoms with van der Waals surface area (Å²) in [5.41, 5.74) is 0. The first-order chi connectivity index (χ1) is 4.20. The number of hydrogen-bond donors (Lipinski definition) is 0. The molecule has 52 valence electrons. The Bertz CT molecular complexity index is 129. The molecule has 0 radical (unpaired) electrons. The Kier molecular flexibility index (Phi) is 4.72. The molecule has 2 nitrogen and oxygen atoms in total. The van der Waals surface area contributed by atoms with Gasteiger partial charge in [-0.2, -0.15) is 0 Å². The van der Waals surface area contributed by atoms with Crippen molar-refractivity contribution in [1.82, 2.24) is 0 Å². The first kappa shape index (κ1) is 10.6. The monoisotopic (exact) mass is 200 g/mol. The van der Waals surface area contributed by atoms with Gasteiger partial charge in [0.2, 0.25) is 0 Å². The molecular formula is C6H10LiNOSe. The van der Waals surface area contributed by atoms with Crippen LogP contribution in [0.1, 0.15) is 13.8 Å². The van der Waals surface area contributed by atoms with Crippen LogP contribution in [0, 0.1) is 5.92 Å². The molecule has 0 N–H and O–H groups in total. The number of nitrogens with zero attached hydrogens (tertiary/aromatic N) is 1. The Hall–Kier alpha value is 0.587. The maximum Gasteiger partial charge on any atom is 1.00 e. The number of ether oxygens (including phenoxy) is 1. The van der Waals surface area contributed by atoms with Gasteiger partial charge in [0.15, 0.2) is 0 Å². The van der Waals surface area contributed by atoms with Crippen molar-refractivity contribution >= 4 is 20.3 Å². The summed E-state index contributed by atoms with van der Waals surface area (Å²) < 4.78 is 5.84. The maximum absolute atomic E-state index is 5.12. The van der Waals surface area contributed by atoms with Crippen LogP contribution in [-0.2, 0) is 4.74 Å². The van der Waals surface area contributed by atoms with Gasteiger partial charge in [0, 0.05) is 0 Å². The van der Waals surface area contributed by atoms with Crippen molar-refractivity contribution in [3.8, 4) is 0 Å². The van der Waals surface area contributed by atoms with Crippen molar-refractivity contribution in [3.05, 3.63) is 5.32 Å². The topological polar surface area (TPSA) is 23.3 Å². The Morgan fingerprint density at radius 2 is 2.30 bits per heavy atom. The van der Waals surface area contributed by atoms with Crippen LogP contribution in [0.5, 0.6) is 0 Å². The van der Waals surface area contributed by atoms with Crippen LogP contribution in [0.2, 0.25) is 0 Å². The van der Waals surface area contributed by atoms with Gasteiger partial charge in [-0.25, -0.2) is 0 Å². The molecule has 0 saturated carbocycles. The fourth-order valence-electron chi connectivity index (χ4n) is 0.708. The standard InChI is InChI=1S/C6H11NOSe.Li/c1-4(2)5-3-8-6(9)7-5;/h4-5H,3H2,1-2H3,(H,7,9);/q;+1/p-1/t5-;/m1./s1/i6+1;. The van der Waals surface area contributed by atoms with E-state index in [4.69, 9.17) is 4.74 Å². The molecule has 0 unspecified atom stereocenters. The summed E-state index contributed by atoms with van der Waals surface area (Å²) in [4.78, 5) is 0. The van der Waals surface area contributed by atoms with Crippen LogP contribution in [0.15, 0.2) is 0 Å². The van der Waals surface area contributed by atoms with Crippen molar-refractivity contribution in [3.63, 3.8) is 0 Å². The van der Waals surface area contributed by atoms with E-state index in [2.05, 4.69) is 34.7 Å². The van der Waals surface area contributed by atoms with Gasteiger partial charge in [0.25, 0.3) is 0 Å². The molecule has 0 spiro atoms. The fourth-order valence-corrected chi connectivity index (χ4v) is 1.13. The molecule has 0 aliphatic carbocycles. The van der Waals surface area contributed by atoms with Crippen molar-refractivity contribution in [2.24, 2.45) is 5.92 Å². The summed E-state index contributed by atoms with van der Waals surface area (Å²) in [5, 5.41) is 4.23. The van der Waals surface area contributed by atoms with E-state index in [0.717, 1.165) is 6.61 Å². The predicted molar refractivity (Wildman–Crippen MR) is 38.7 cm³/mol. The van der Waals surface area contributed by atoms with Crippen molar-refractivity contribution in [2.75, 3.05) is 6.61 Å². The molecule has 0 amide bonds. The molecule has 1 heterocycles. The number of rotatable bonds is 1. The summed E-state index contributed by atoms with van der Waals surface area (Å²) in [6, 6.07) is 0.376. The Morgan fingerprint density at radius 1 is 1.70 bits per heavy atom. The van der Waals surface area contributed by atoms with Gasteiger partial charge in [0.05, 0.1) is 0 Å². The summed E-state index contributed by atoms with van der Waals surface area (Å²) in [5.74, 6) is 0.593. The zero-order valence-corrected chi connectivity index (χ0v) is 8.34. The molecule has 1 fully saturated rings. The van der Waals surface area contributed by atoms with Gasteiger partial charge in [-0.1, -0.05) is 0 Å². The van der Waals surface area contributed by atoms with Gasteiger partial charge in [-0.15, -0.1) is 0 Å². The van der Waals surface area contributed by atoms with Crippen LogP contribution in [0.3, 0.4) is 0 Å². The van der Waals surface area contributed by atoms with E-state index in [1.165, 1.54) is 0 Å². The minimum absolute atomic E-state index is 0. The second-order valence-electron chi connectivity index (χ2n) is 2.52. The summed E-state index contributed by atoms with van der Waals surface area (Å²) >= 11 is 2.75. The van der Waals surface area contributed by atoms with Crippen LogP contribution >= 0.6 is 0 Å². The molecule has 1 aliphatic rings. The third-order valence-electron chi connectivity index (χ3n) is 1.42.